The van der Waals surface area contributed by atoms with E-state index in [1.807, 2.05) is 12.1 Å². The van der Waals surface area contributed by atoms with Gasteiger partial charge in [0.25, 0.3) is 0 Å². The Kier molecular flexibility index (Phi) is 8.17. The molecule has 0 amide bonds. The normalized spacial score (nSPS) is 11.6. The Morgan fingerprint density at radius 2 is 0.787 bits per heavy atom. The molecule has 0 aliphatic rings. The Bertz CT molecular complexity index is 3520. The minimum Gasteiger partial charge on any atom is -0.456 e. The predicted octanol–water partition coefficient (Wildman–Crippen LogP) is 16.3. The van der Waals surface area contributed by atoms with Crippen molar-refractivity contribution < 1.29 is 4.42 Å². The van der Waals surface area contributed by atoms with Crippen LogP contribution in [0, 0.1) is 0 Å². The molecule has 61 heavy (non-hydrogen) atoms. The first kappa shape index (κ1) is 34.9. The third kappa shape index (κ3) is 5.98. The van der Waals surface area contributed by atoms with Crippen LogP contribution in [0.3, 0.4) is 0 Å². The van der Waals surface area contributed by atoms with Crippen molar-refractivity contribution >= 4 is 71.6 Å². The molecule has 0 N–H and O–H groups in total. The molecule has 0 bridgehead atoms. The first-order chi connectivity index (χ1) is 30.2. The van der Waals surface area contributed by atoms with E-state index in [0.717, 1.165) is 55.8 Å². The Labute approximate surface area is 353 Å². The van der Waals surface area contributed by atoms with Gasteiger partial charge in [-0.3, -0.25) is 0 Å². The van der Waals surface area contributed by atoms with Crippen LogP contribution in [0.5, 0.6) is 0 Å². The van der Waals surface area contributed by atoms with Crippen LogP contribution in [0.15, 0.2) is 235 Å². The molecule has 2 heterocycles. The van der Waals surface area contributed by atoms with E-state index < -0.39 is 0 Å². The average Bonchev–Trinajstić information content (AvgIpc) is 3.88. The van der Waals surface area contributed by atoms with Crippen molar-refractivity contribution in [3.8, 4) is 39.1 Å². The van der Waals surface area contributed by atoms with Crippen molar-refractivity contribution in [1.29, 1.82) is 0 Å². The van der Waals surface area contributed by atoms with Crippen LogP contribution < -0.4 is 4.90 Å². The molecule has 286 valence electrons. The highest BCUT2D eigenvalue weighted by molar-refractivity contribution is 6.09. The third-order valence-electron chi connectivity index (χ3n) is 12.2. The Morgan fingerprint density at radius 3 is 1.44 bits per heavy atom. The van der Waals surface area contributed by atoms with Crippen LogP contribution >= 0.6 is 0 Å². The molecule has 2 aromatic heterocycles. The minimum absolute atomic E-state index is 0.902. The quantitative estimate of drug-likeness (QED) is 0.161. The van der Waals surface area contributed by atoms with E-state index >= 15 is 0 Å². The topological polar surface area (TPSA) is 21.3 Å². The SMILES string of the molecule is c1cc(-c2ccc(N(c3ccc(-c4ccc5c(c4)oc4ccccc45)cc3)c3cccc4ccccc34)cc2)cc(-c2ccc(-n3c4ccccc4c4ccccc43)cc2)c1. The van der Waals surface area contributed by atoms with E-state index in [1.165, 1.54) is 54.8 Å². The van der Waals surface area contributed by atoms with Gasteiger partial charge in [0, 0.05) is 44.0 Å². The Morgan fingerprint density at radius 1 is 0.311 bits per heavy atom. The molecule has 12 rings (SSSR count). The van der Waals surface area contributed by atoms with Crippen LogP contribution in [0.1, 0.15) is 0 Å². The molecule has 0 atom stereocenters. The van der Waals surface area contributed by atoms with E-state index in [1.54, 1.807) is 0 Å². The zero-order valence-corrected chi connectivity index (χ0v) is 33.2. The number of hydrogen-bond donors (Lipinski definition) is 0. The van der Waals surface area contributed by atoms with E-state index in [-0.39, 0.29) is 0 Å². The molecule has 0 aliphatic heterocycles. The molecule has 12 aromatic rings. The lowest BCUT2D eigenvalue weighted by molar-refractivity contribution is 0.669. The number of hydrogen-bond acceptors (Lipinski definition) is 2. The van der Waals surface area contributed by atoms with E-state index in [0.29, 0.717) is 0 Å². The van der Waals surface area contributed by atoms with Gasteiger partial charge in [-0.1, -0.05) is 152 Å². The monoisotopic (exact) mass is 778 g/mol. The number of fused-ring (bicyclic) bond motifs is 7. The lowest BCUT2D eigenvalue weighted by atomic mass is 9.98. The molecule has 0 radical (unpaired) electrons. The molecule has 0 fully saturated rings. The number of para-hydroxylation sites is 3. The maximum absolute atomic E-state index is 6.24. The van der Waals surface area contributed by atoms with Crippen molar-refractivity contribution in [2.45, 2.75) is 0 Å². The first-order valence-electron chi connectivity index (χ1n) is 20.8. The Hall–Kier alpha value is -8.14. The van der Waals surface area contributed by atoms with Crippen LogP contribution in [-0.2, 0) is 0 Å². The molecule has 3 nitrogen and oxygen atoms in total. The summed E-state index contributed by atoms with van der Waals surface area (Å²) in [4.78, 5) is 2.37. The minimum atomic E-state index is 0.902. The number of furan rings is 1. The van der Waals surface area contributed by atoms with Crippen LogP contribution in [0.4, 0.5) is 17.1 Å². The van der Waals surface area contributed by atoms with Crippen molar-refractivity contribution in [3.63, 3.8) is 0 Å². The molecule has 0 unspecified atom stereocenters. The summed E-state index contributed by atoms with van der Waals surface area (Å²) in [6, 6.07) is 82.9. The first-order valence-corrected chi connectivity index (χ1v) is 20.8. The number of rotatable bonds is 7. The number of aromatic nitrogens is 1. The second kappa shape index (κ2) is 14.3. The zero-order chi connectivity index (χ0) is 40.3. The van der Waals surface area contributed by atoms with Gasteiger partial charge in [-0.15, -0.1) is 0 Å². The van der Waals surface area contributed by atoms with Crippen LogP contribution in [0.2, 0.25) is 0 Å². The highest BCUT2D eigenvalue weighted by Crippen LogP contribution is 2.41. The number of benzene rings is 10. The lowest BCUT2D eigenvalue weighted by Gasteiger charge is -2.27. The average molecular weight is 779 g/mol. The summed E-state index contributed by atoms with van der Waals surface area (Å²) in [7, 11) is 0. The maximum Gasteiger partial charge on any atom is 0.136 e. The van der Waals surface area contributed by atoms with Gasteiger partial charge in [0.2, 0.25) is 0 Å². The fourth-order valence-electron chi connectivity index (χ4n) is 9.22. The van der Waals surface area contributed by atoms with Gasteiger partial charge in [0.05, 0.1) is 16.7 Å². The fourth-order valence-corrected chi connectivity index (χ4v) is 9.22. The highest BCUT2D eigenvalue weighted by atomic mass is 16.3. The van der Waals surface area contributed by atoms with Crippen molar-refractivity contribution in [2.24, 2.45) is 0 Å². The van der Waals surface area contributed by atoms with Crippen molar-refractivity contribution in [2.75, 3.05) is 4.90 Å². The molecule has 10 aromatic carbocycles. The zero-order valence-electron chi connectivity index (χ0n) is 33.2. The predicted molar refractivity (Wildman–Crippen MR) is 257 cm³/mol. The summed E-state index contributed by atoms with van der Waals surface area (Å²) in [5.74, 6) is 0. The number of anilines is 3. The van der Waals surface area contributed by atoms with Gasteiger partial charge in [-0.25, -0.2) is 0 Å². The Balaban J connectivity index is 0.872. The van der Waals surface area contributed by atoms with E-state index in [4.69, 9.17) is 4.42 Å². The summed E-state index contributed by atoms with van der Waals surface area (Å²) < 4.78 is 8.60. The van der Waals surface area contributed by atoms with Gasteiger partial charge in [-0.05, 0) is 118 Å². The summed E-state index contributed by atoms with van der Waals surface area (Å²) in [6.07, 6.45) is 0. The smallest absolute Gasteiger partial charge is 0.136 e. The maximum atomic E-state index is 6.24. The van der Waals surface area contributed by atoms with Gasteiger partial charge >= 0.3 is 0 Å². The van der Waals surface area contributed by atoms with E-state index in [2.05, 4.69) is 228 Å². The second-order valence-corrected chi connectivity index (χ2v) is 15.7. The molecular weight excluding hydrogens is 741 g/mol. The van der Waals surface area contributed by atoms with Crippen LogP contribution in [0.25, 0.3) is 93.6 Å². The summed E-state index contributed by atoms with van der Waals surface area (Å²) >= 11 is 0. The van der Waals surface area contributed by atoms with Gasteiger partial charge in [0.15, 0.2) is 0 Å². The van der Waals surface area contributed by atoms with Crippen molar-refractivity contribution in [1.82, 2.24) is 4.57 Å². The third-order valence-corrected chi connectivity index (χ3v) is 12.2. The van der Waals surface area contributed by atoms with Gasteiger partial charge in [0.1, 0.15) is 11.2 Å². The molecular formula is C58H38N2O. The molecule has 3 heteroatoms. The number of nitrogens with zero attached hydrogens (tertiary/aromatic N) is 2. The lowest BCUT2D eigenvalue weighted by Crippen LogP contribution is -2.10. The van der Waals surface area contributed by atoms with Crippen molar-refractivity contribution in [3.05, 3.63) is 231 Å². The summed E-state index contributed by atoms with van der Waals surface area (Å²) in [6.45, 7) is 0. The van der Waals surface area contributed by atoms with Crippen LogP contribution in [-0.4, -0.2) is 4.57 Å². The molecule has 0 saturated heterocycles. The van der Waals surface area contributed by atoms with Gasteiger partial charge < -0.3 is 13.9 Å². The molecule has 0 saturated carbocycles. The molecule has 0 spiro atoms. The summed E-state index contributed by atoms with van der Waals surface area (Å²) in [5.41, 5.74) is 15.7. The van der Waals surface area contributed by atoms with E-state index in [9.17, 15) is 0 Å². The summed E-state index contributed by atoms with van der Waals surface area (Å²) in [5, 5.41) is 7.23. The standard InChI is InChI=1S/C58H38N2O/c1-2-15-49-42(11-1)12-10-21-54(49)59(47-32-25-41(26-33-47)45-29-36-53-52-18-5-8-22-57(52)61-58(53)38-45)46-30-23-39(24-31-46)43-13-9-14-44(37-43)40-27-34-48(35-28-40)60-55-19-6-3-16-50(55)51-17-4-7-20-56(51)60/h1-38H. The van der Waals surface area contributed by atoms with Gasteiger partial charge in [-0.2, -0.15) is 0 Å². The second-order valence-electron chi connectivity index (χ2n) is 15.7. The highest BCUT2D eigenvalue weighted by Gasteiger charge is 2.17. The molecule has 0 aliphatic carbocycles. The fraction of sp³-hybridized carbons (Fsp3) is 0. The largest absolute Gasteiger partial charge is 0.456 e.